The molecule has 2 aromatic rings. The van der Waals surface area contributed by atoms with Gasteiger partial charge in [0, 0.05) is 5.02 Å². The van der Waals surface area contributed by atoms with E-state index in [1.807, 2.05) is 30.3 Å². The number of aryl methyl sites for hydroxylation is 1. The molecule has 0 aromatic heterocycles. The summed E-state index contributed by atoms with van der Waals surface area (Å²) in [7, 11) is 0. The zero-order valence-corrected chi connectivity index (χ0v) is 10.9. The first-order valence-electron chi connectivity index (χ1n) is 5.41. The summed E-state index contributed by atoms with van der Waals surface area (Å²) in [6, 6.07) is 13.0. The summed E-state index contributed by atoms with van der Waals surface area (Å²) in [5.41, 5.74) is 1.19. The Hall–Kier alpha value is -1.18. The third kappa shape index (κ3) is 3.15. The predicted octanol–water partition coefficient (Wildman–Crippen LogP) is 5.35. The topological polar surface area (TPSA) is 9.23 Å². The molecule has 88 valence electrons. The van der Waals surface area contributed by atoms with Crippen LogP contribution in [0.1, 0.15) is 12.5 Å². The van der Waals surface area contributed by atoms with Crippen LogP contribution in [-0.4, -0.2) is 0 Å². The fourth-order valence-electron chi connectivity index (χ4n) is 1.48. The summed E-state index contributed by atoms with van der Waals surface area (Å²) in [5, 5.41) is 1.31. The van der Waals surface area contributed by atoms with Gasteiger partial charge in [-0.3, -0.25) is 0 Å². The molecule has 3 heteroatoms. The molecule has 2 aromatic carbocycles. The molecule has 0 radical (unpaired) electrons. The first-order valence-corrected chi connectivity index (χ1v) is 6.16. The summed E-state index contributed by atoms with van der Waals surface area (Å²) in [6.45, 7) is 2.09. The number of halogens is 2. The monoisotopic (exact) mass is 266 g/mol. The fraction of sp³-hybridized carbons (Fsp3) is 0.143. The fourth-order valence-corrected chi connectivity index (χ4v) is 1.84. The van der Waals surface area contributed by atoms with E-state index in [0.717, 1.165) is 12.2 Å². The lowest BCUT2D eigenvalue weighted by atomic mass is 10.2. The van der Waals surface area contributed by atoms with Gasteiger partial charge in [0.2, 0.25) is 0 Å². The van der Waals surface area contributed by atoms with Crippen molar-refractivity contribution in [3.8, 4) is 11.5 Å². The second-order valence-electron chi connectivity index (χ2n) is 3.67. The van der Waals surface area contributed by atoms with Crippen LogP contribution in [0.4, 0.5) is 0 Å². The van der Waals surface area contributed by atoms with Crippen LogP contribution >= 0.6 is 23.2 Å². The van der Waals surface area contributed by atoms with Crippen molar-refractivity contribution in [3.63, 3.8) is 0 Å². The van der Waals surface area contributed by atoms with Crippen LogP contribution in [0.5, 0.6) is 11.5 Å². The molecule has 0 saturated carbocycles. The zero-order chi connectivity index (χ0) is 12.3. The number of hydrogen-bond donors (Lipinski definition) is 0. The maximum Gasteiger partial charge on any atom is 0.146 e. The van der Waals surface area contributed by atoms with Crippen molar-refractivity contribution in [3.05, 3.63) is 58.1 Å². The Bertz CT molecular complexity index is 506. The Balaban J connectivity index is 2.21. The maximum atomic E-state index is 6.14. The lowest BCUT2D eigenvalue weighted by Gasteiger charge is -2.08. The molecule has 0 amide bonds. The second-order valence-corrected chi connectivity index (χ2v) is 4.52. The minimum atomic E-state index is 0.624. The van der Waals surface area contributed by atoms with E-state index in [-0.39, 0.29) is 0 Å². The molecule has 0 aliphatic heterocycles. The third-order valence-electron chi connectivity index (χ3n) is 2.45. The van der Waals surface area contributed by atoms with E-state index in [2.05, 4.69) is 6.92 Å². The van der Waals surface area contributed by atoms with Crippen molar-refractivity contribution in [2.45, 2.75) is 13.3 Å². The van der Waals surface area contributed by atoms with Crippen LogP contribution in [0.15, 0.2) is 42.5 Å². The summed E-state index contributed by atoms with van der Waals surface area (Å²) < 4.78 is 5.67. The summed E-state index contributed by atoms with van der Waals surface area (Å²) in [6.07, 6.45) is 0.959. The molecular weight excluding hydrogens is 255 g/mol. The van der Waals surface area contributed by atoms with Gasteiger partial charge < -0.3 is 4.74 Å². The minimum Gasteiger partial charge on any atom is -0.456 e. The van der Waals surface area contributed by atoms with Gasteiger partial charge in [-0.2, -0.15) is 0 Å². The van der Waals surface area contributed by atoms with Crippen molar-refractivity contribution in [2.24, 2.45) is 0 Å². The molecule has 0 spiro atoms. The van der Waals surface area contributed by atoms with Crippen LogP contribution in [0, 0.1) is 0 Å². The minimum absolute atomic E-state index is 0.624. The predicted molar refractivity (Wildman–Crippen MR) is 72.4 cm³/mol. The Morgan fingerprint density at radius 1 is 1.00 bits per heavy atom. The van der Waals surface area contributed by atoms with Gasteiger partial charge in [-0.1, -0.05) is 36.2 Å². The van der Waals surface area contributed by atoms with Crippen molar-refractivity contribution in [1.82, 2.24) is 0 Å². The van der Waals surface area contributed by atoms with E-state index in [1.165, 1.54) is 5.56 Å². The van der Waals surface area contributed by atoms with Gasteiger partial charge in [-0.25, -0.2) is 0 Å². The largest absolute Gasteiger partial charge is 0.456 e. The van der Waals surface area contributed by atoms with Gasteiger partial charge in [0.15, 0.2) is 0 Å². The molecule has 0 heterocycles. The average Bonchev–Trinajstić information content (AvgIpc) is 2.34. The lowest BCUT2D eigenvalue weighted by Crippen LogP contribution is -1.87. The maximum absolute atomic E-state index is 6.14. The SMILES string of the molecule is CCc1ccc(Oc2ccc(Cl)cc2)c(Cl)c1. The van der Waals surface area contributed by atoms with E-state index in [9.17, 15) is 0 Å². The van der Waals surface area contributed by atoms with Crippen LogP contribution in [0.25, 0.3) is 0 Å². The molecule has 0 unspecified atom stereocenters. The van der Waals surface area contributed by atoms with E-state index in [4.69, 9.17) is 27.9 Å². The van der Waals surface area contributed by atoms with Crippen molar-refractivity contribution >= 4 is 23.2 Å². The smallest absolute Gasteiger partial charge is 0.146 e. The van der Waals surface area contributed by atoms with E-state index in [0.29, 0.717) is 15.8 Å². The van der Waals surface area contributed by atoms with Crippen molar-refractivity contribution < 1.29 is 4.74 Å². The van der Waals surface area contributed by atoms with Gasteiger partial charge in [0.1, 0.15) is 11.5 Å². The number of hydrogen-bond acceptors (Lipinski definition) is 1. The Morgan fingerprint density at radius 2 is 1.71 bits per heavy atom. The summed E-state index contributed by atoms with van der Waals surface area (Å²) in [4.78, 5) is 0. The van der Waals surface area contributed by atoms with Crippen LogP contribution in [0.2, 0.25) is 10.0 Å². The van der Waals surface area contributed by atoms with Crippen LogP contribution in [0.3, 0.4) is 0 Å². The molecule has 2 rings (SSSR count). The van der Waals surface area contributed by atoms with E-state index >= 15 is 0 Å². The molecule has 0 fully saturated rings. The number of rotatable bonds is 3. The zero-order valence-electron chi connectivity index (χ0n) is 9.41. The highest BCUT2D eigenvalue weighted by atomic mass is 35.5. The Morgan fingerprint density at radius 3 is 2.29 bits per heavy atom. The molecule has 0 saturated heterocycles. The molecule has 17 heavy (non-hydrogen) atoms. The quantitative estimate of drug-likeness (QED) is 0.728. The van der Waals surface area contributed by atoms with Crippen LogP contribution in [-0.2, 0) is 6.42 Å². The van der Waals surface area contributed by atoms with E-state index < -0.39 is 0 Å². The molecule has 0 aliphatic carbocycles. The highest BCUT2D eigenvalue weighted by Crippen LogP contribution is 2.30. The Labute approximate surface area is 111 Å². The van der Waals surface area contributed by atoms with Gasteiger partial charge in [0.05, 0.1) is 5.02 Å². The average molecular weight is 267 g/mol. The van der Waals surface area contributed by atoms with Gasteiger partial charge >= 0.3 is 0 Å². The molecule has 0 atom stereocenters. The molecule has 0 N–H and O–H groups in total. The van der Waals surface area contributed by atoms with Gasteiger partial charge in [-0.15, -0.1) is 0 Å². The molecular formula is C14H12Cl2O. The molecule has 0 aliphatic rings. The molecule has 1 nitrogen and oxygen atoms in total. The first-order chi connectivity index (χ1) is 8.19. The first kappa shape index (κ1) is 12.3. The Kier molecular flexibility index (Phi) is 3.93. The van der Waals surface area contributed by atoms with E-state index in [1.54, 1.807) is 12.1 Å². The normalized spacial score (nSPS) is 10.3. The van der Waals surface area contributed by atoms with Gasteiger partial charge in [-0.05, 0) is 48.4 Å². The highest BCUT2D eigenvalue weighted by molar-refractivity contribution is 6.32. The summed E-state index contributed by atoms with van der Waals surface area (Å²) in [5.74, 6) is 1.38. The standard InChI is InChI=1S/C14H12Cl2O/c1-2-10-3-8-14(13(16)9-10)17-12-6-4-11(15)5-7-12/h3-9H,2H2,1H3. The van der Waals surface area contributed by atoms with Gasteiger partial charge in [0.25, 0.3) is 0 Å². The van der Waals surface area contributed by atoms with Crippen LogP contribution < -0.4 is 4.74 Å². The number of benzene rings is 2. The van der Waals surface area contributed by atoms with Crippen molar-refractivity contribution in [2.75, 3.05) is 0 Å². The lowest BCUT2D eigenvalue weighted by molar-refractivity contribution is 0.483. The summed E-state index contributed by atoms with van der Waals surface area (Å²) >= 11 is 11.9. The molecule has 0 bridgehead atoms. The van der Waals surface area contributed by atoms with Crippen molar-refractivity contribution in [1.29, 1.82) is 0 Å². The number of ether oxygens (including phenoxy) is 1. The second kappa shape index (κ2) is 5.44. The third-order valence-corrected chi connectivity index (χ3v) is 2.99. The highest BCUT2D eigenvalue weighted by Gasteiger charge is 2.03.